The van der Waals surface area contributed by atoms with Crippen molar-refractivity contribution in [3.05, 3.63) is 53.8 Å². The lowest BCUT2D eigenvalue weighted by atomic mass is 10.1. The van der Waals surface area contributed by atoms with Gasteiger partial charge in [-0.15, -0.1) is 0 Å². The fraction of sp³-hybridized carbons (Fsp3) is 0.0714. The highest BCUT2D eigenvalue weighted by molar-refractivity contribution is 5.79. The van der Waals surface area contributed by atoms with Gasteiger partial charge in [0.1, 0.15) is 11.6 Å². The first-order valence-corrected chi connectivity index (χ1v) is 5.46. The molecule has 1 heterocycles. The maximum absolute atomic E-state index is 13.5. The average Bonchev–Trinajstić information content (AvgIpc) is 2.76. The highest BCUT2D eigenvalue weighted by Crippen LogP contribution is 2.24. The van der Waals surface area contributed by atoms with Crippen LogP contribution in [0.25, 0.3) is 22.4 Å². The highest BCUT2D eigenvalue weighted by Gasteiger charge is 2.09. The van der Waals surface area contributed by atoms with Crippen LogP contribution in [0.2, 0.25) is 0 Å². The van der Waals surface area contributed by atoms with E-state index in [9.17, 15) is 4.39 Å². The van der Waals surface area contributed by atoms with Gasteiger partial charge in [-0.2, -0.15) is 0 Å². The zero-order chi connectivity index (χ0) is 11.8. The average molecular weight is 226 g/mol. The van der Waals surface area contributed by atoms with Crippen LogP contribution in [-0.2, 0) is 0 Å². The van der Waals surface area contributed by atoms with Crippen molar-refractivity contribution < 1.29 is 4.39 Å². The number of nitrogens with one attached hydrogen (secondary N) is 1. The van der Waals surface area contributed by atoms with Crippen molar-refractivity contribution in [2.24, 2.45) is 0 Å². The summed E-state index contributed by atoms with van der Waals surface area (Å²) in [5.74, 6) is 0.506. The summed E-state index contributed by atoms with van der Waals surface area (Å²) in [4.78, 5) is 7.66. The molecule has 17 heavy (non-hydrogen) atoms. The zero-order valence-electron chi connectivity index (χ0n) is 9.37. The molecule has 1 aromatic heterocycles. The van der Waals surface area contributed by atoms with Crippen LogP contribution in [0.15, 0.2) is 42.5 Å². The monoisotopic (exact) mass is 226 g/mol. The summed E-state index contributed by atoms with van der Waals surface area (Å²) in [6, 6.07) is 12.8. The predicted molar refractivity (Wildman–Crippen MR) is 66.2 cm³/mol. The van der Waals surface area contributed by atoms with Gasteiger partial charge in [0.2, 0.25) is 0 Å². The molecule has 0 unspecified atom stereocenters. The van der Waals surface area contributed by atoms with Crippen LogP contribution < -0.4 is 0 Å². The molecule has 0 atom stereocenters. The van der Waals surface area contributed by atoms with Crippen LogP contribution in [0.3, 0.4) is 0 Å². The van der Waals surface area contributed by atoms with Gasteiger partial charge in [0.15, 0.2) is 0 Å². The zero-order valence-corrected chi connectivity index (χ0v) is 9.37. The Hall–Kier alpha value is -2.16. The summed E-state index contributed by atoms with van der Waals surface area (Å²) in [5, 5.41) is 0. The number of rotatable bonds is 1. The maximum Gasteiger partial charge on any atom is 0.138 e. The Morgan fingerprint density at radius 2 is 1.88 bits per heavy atom. The number of aromatic nitrogens is 2. The normalized spacial score (nSPS) is 10.9. The van der Waals surface area contributed by atoms with E-state index >= 15 is 0 Å². The van der Waals surface area contributed by atoms with Crippen molar-refractivity contribution in [2.75, 3.05) is 0 Å². The molecule has 3 rings (SSSR count). The van der Waals surface area contributed by atoms with E-state index < -0.39 is 0 Å². The van der Waals surface area contributed by atoms with Gasteiger partial charge < -0.3 is 4.98 Å². The number of fused-ring (bicyclic) bond motifs is 1. The van der Waals surface area contributed by atoms with Crippen molar-refractivity contribution in [1.29, 1.82) is 0 Å². The summed E-state index contributed by atoms with van der Waals surface area (Å²) in [6.45, 7) is 1.76. The summed E-state index contributed by atoms with van der Waals surface area (Å²) in [6.07, 6.45) is 0. The maximum atomic E-state index is 13.5. The molecule has 0 aliphatic rings. The summed E-state index contributed by atoms with van der Waals surface area (Å²) < 4.78 is 13.5. The molecule has 0 aliphatic heterocycles. The minimum atomic E-state index is -0.206. The van der Waals surface area contributed by atoms with Gasteiger partial charge in [-0.05, 0) is 30.7 Å². The van der Waals surface area contributed by atoms with Gasteiger partial charge in [-0.1, -0.05) is 24.3 Å². The lowest BCUT2D eigenvalue weighted by Gasteiger charge is -2.02. The van der Waals surface area contributed by atoms with Crippen molar-refractivity contribution >= 4 is 11.0 Å². The second-order valence-corrected chi connectivity index (χ2v) is 4.01. The molecule has 2 aromatic carbocycles. The minimum absolute atomic E-state index is 0.206. The highest BCUT2D eigenvalue weighted by atomic mass is 19.1. The van der Waals surface area contributed by atoms with Gasteiger partial charge in [-0.3, -0.25) is 0 Å². The Morgan fingerprint density at radius 1 is 1.06 bits per heavy atom. The third-order valence-electron chi connectivity index (χ3n) is 2.91. The van der Waals surface area contributed by atoms with Gasteiger partial charge in [0.05, 0.1) is 11.0 Å². The van der Waals surface area contributed by atoms with E-state index in [1.807, 2.05) is 30.3 Å². The van der Waals surface area contributed by atoms with Crippen molar-refractivity contribution in [1.82, 2.24) is 9.97 Å². The molecule has 0 bridgehead atoms. The first-order valence-electron chi connectivity index (χ1n) is 5.46. The Bertz CT molecular complexity index is 653. The van der Waals surface area contributed by atoms with Crippen molar-refractivity contribution in [3.63, 3.8) is 0 Å². The van der Waals surface area contributed by atoms with Crippen LogP contribution in [0, 0.1) is 12.7 Å². The lowest BCUT2D eigenvalue weighted by molar-refractivity contribution is 0.619. The van der Waals surface area contributed by atoms with E-state index in [2.05, 4.69) is 9.97 Å². The first kappa shape index (κ1) is 10.0. The Balaban J connectivity index is 2.24. The Morgan fingerprint density at radius 3 is 2.71 bits per heavy atom. The topological polar surface area (TPSA) is 28.7 Å². The fourth-order valence-corrected chi connectivity index (χ4v) is 1.94. The molecule has 3 aromatic rings. The van der Waals surface area contributed by atoms with Gasteiger partial charge >= 0.3 is 0 Å². The number of para-hydroxylation sites is 2. The number of nitrogens with zero attached hydrogens (tertiary/aromatic N) is 1. The van der Waals surface area contributed by atoms with Crippen molar-refractivity contribution in [2.45, 2.75) is 6.92 Å². The molecule has 2 nitrogen and oxygen atoms in total. The SMILES string of the molecule is Cc1c(F)cccc1-c1nc2ccccc2[nH]1. The quantitative estimate of drug-likeness (QED) is 0.673. The predicted octanol–water partition coefficient (Wildman–Crippen LogP) is 3.68. The molecule has 0 aliphatic carbocycles. The number of hydrogen-bond acceptors (Lipinski definition) is 1. The molecular formula is C14H11FN2. The summed E-state index contributed by atoms with van der Waals surface area (Å²) >= 11 is 0. The third kappa shape index (κ3) is 1.60. The number of halogens is 1. The van der Waals surface area contributed by atoms with Gasteiger partial charge in [0, 0.05) is 5.56 Å². The molecule has 0 saturated heterocycles. The van der Waals surface area contributed by atoms with E-state index in [-0.39, 0.29) is 5.82 Å². The minimum Gasteiger partial charge on any atom is -0.338 e. The van der Waals surface area contributed by atoms with Gasteiger partial charge in [-0.25, -0.2) is 9.37 Å². The molecule has 84 valence electrons. The second kappa shape index (κ2) is 3.70. The molecule has 0 saturated carbocycles. The molecule has 0 radical (unpaired) electrons. The van der Waals surface area contributed by atoms with Crippen LogP contribution in [0.5, 0.6) is 0 Å². The van der Waals surface area contributed by atoms with Crippen LogP contribution in [-0.4, -0.2) is 9.97 Å². The van der Waals surface area contributed by atoms with E-state index in [1.54, 1.807) is 13.0 Å². The van der Waals surface area contributed by atoms with E-state index in [0.29, 0.717) is 11.4 Å². The smallest absolute Gasteiger partial charge is 0.138 e. The molecule has 3 heteroatoms. The number of benzene rings is 2. The van der Waals surface area contributed by atoms with Gasteiger partial charge in [0.25, 0.3) is 0 Å². The second-order valence-electron chi connectivity index (χ2n) is 4.01. The fourth-order valence-electron chi connectivity index (χ4n) is 1.94. The van der Waals surface area contributed by atoms with Crippen molar-refractivity contribution in [3.8, 4) is 11.4 Å². The number of aromatic amines is 1. The summed E-state index contributed by atoms with van der Waals surface area (Å²) in [7, 11) is 0. The third-order valence-corrected chi connectivity index (χ3v) is 2.91. The molecule has 0 fully saturated rings. The lowest BCUT2D eigenvalue weighted by Crippen LogP contribution is -1.88. The summed E-state index contributed by atoms with van der Waals surface area (Å²) in [5.41, 5.74) is 3.28. The molecule has 1 N–H and O–H groups in total. The number of imidazole rings is 1. The Labute approximate surface area is 98.1 Å². The van der Waals surface area contributed by atoms with E-state index in [1.165, 1.54) is 6.07 Å². The molecule has 0 spiro atoms. The first-order chi connectivity index (χ1) is 8.25. The number of hydrogen-bond donors (Lipinski definition) is 1. The number of H-pyrrole nitrogens is 1. The van der Waals surface area contributed by atoms with Crippen LogP contribution in [0.4, 0.5) is 4.39 Å². The largest absolute Gasteiger partial charge is 0.338 e. The van der Waals surface area contributed by atoms with E-state index in [0.717, 1.165) is 16.6 Å². The Kier molecular flexibility index (Phi) is 2.18. The molecular weight excluding hydrogens is 215 g/mol. The standard InChI is InChI=1S/C14H11FN2/c1-9-10(5-4-6-11(9)15)14-16-12-7-2-3-8-13(12)17-14/h2-8H,1H3,(H,16,17). The van der Waals surface area contributed by atoms with E-state index in [4.69, 9.17) is 0 Å². The molecule has 0 amide bonds. The van der Waals surface area contributed by atoms with Crippen LogP contribution in [0.1, 0.15) is 5.56 Å². The van der Waals surface area contributed by atoms with Crippen LogP contribution >= 0.6 is 0 Å².